The van der Waals surface area contributed by atoms with E-state index >= 15 is 0 Å². The third-order valence-electron chi connectivity index (χ3n) is 4.64. The van der Waals surface area contributed by atoms with Crippen LogP contribution in [-0.4, -0.2) is 44.9 Å². The van der Waals surface area contributed by atoms with Gasteiger partial charge in [0.05, 0.1) is 6.54 Å². The van der Waals surface area contributed by atoms with Crippen LogP contribution < -0.4 is 5.32 Å². The third-order valence-corrected chi connectivity index (χ3v) is 4.64. The molecule has 21 heavy (non-hydrogen) atoms. The summed E-state index contributed by atoms with van der Waals surface area (Å²) in [7, 11) is 1.94. The fraction of sp³-hybridized carbons (Fsp3) is 0.667. The SMILES string of the molecule is Cn1ccnc1CCN1CC(=O)NC2(CCCCC2)C1=O. The molecule has 2 amide bonds. The number of rotatable bonds is 3. The summed E-state index contributed by atoms with van der Waals surface area (Å²) in [6.45, 7) is 0.726. The number of hydrogen-bond donors (Lipinski definition) is 1. The van der Waals surface area contributed by atoms with Gasteiger partial charge < -0.3 is 14.8 Å². The van der Waals surface area contributed by atoms with Crippen LogP contribution in [-0.2, 0) is 23.1 Å². The molecule has 0 unspecified atom stereocenters. The van der Waals surface area contributed by atoms with Crippen LogP contribution in [0.25, 0.3) is 0 Å². The molecule has 6 nitrogen and oxygen atoms in total. The molecule has 2 aliphatic rings. The first-order valence-corrected chi connectivity index (χ1v) is 7.67. The molecule has 1 aliphatic carbocycles. The summed E-state index contributed by atoms with van der Waals surface area (Å²) < 4.78 is 1.95. The first-order chi connectivity index (χ1) is 10.1. The zero-order chi connectivity index (χ0) is 14.9. The van der Waals surface area contributed by atoms with E-state index in [0.717, 1.165) is 37.9 Å². The van der Waals surface area contributed by atoms with Crippen molar-refractivity contribution in [1.29, 1.82) is 0 Å². The highest BCUT2D eigenvalue weighted by molar-refractivity contribution is 5.98. The minimum absolute atomic E-state index is 0.0312. The summed E-state index contributed by atoms with van der Waals surface area (Å²) in [4.78, 5) is 30.8. The molecule has 0 radical (unpaired) electrons. The van der Waals surface area contributed by atoms with E-state index < -0.39 is 5.54 Å². The number of hydrogen-bond acceptors (Lipinski definition) is 3. The second-order valence-corrected chi connectivity index (χ2v) is 6.12. The van der Waals surface area contributed by atoms with Gasteiger partial charge in [-0.25, -0.2) is 4.98 Å². The predicted octanol–water partition coefficient (Wildman–Crippen LogP) is 0.624. The van der Waals surface area contributed by atoms with Crippen LogP contribution in [0.4, 0.5) is 0 Å². The molecule has 0 bridgehead atoms. The van der Waals surface area contributed by atoms with E-state index in [1.165, 1.54) is 0 Å². The molecule has 1 aliphatic heterocycles. The first-order valence-electron chi connectivity index (χ1n) is 7.67. The number of amides is 2. The minimum Gasteiger partial charge on any atom is -0.340 e. The van der Waals surface area contributed by atoms with Crippen molar-refractivity contribution in [2.45, 2.75) is 44.1 Å². The third kappa shape index (κ3) is 2.66. The lowest BCUT2D eigenvalue weighted by Gasteiger charge is -2.44. The zero-order valence-electron chi connectivity index (χ0n) is 12.5. The van der Waals surface area contributed by atoms with E-state index in [0.29, 0.717) is 13.0 Å². The second-order valence-electron chi connectivity index (χ2n) is 6.12. The van der Waals surface area contributed by atoms with Gasteiger partial charge in [-0.3, -0.25) is 9.59 Å². The van der Waals surface area contributed by atoms with Gasteiger partial charge in [0.15, 0.2) is 0 Å². The van der Waals surface area contributed by atoms with Crippen molar-refractivity contribution in [2.24, 2.45) is 7.05 Å². The summed E-state index contributed by atoms with van der Waals surface area (Å²) in [6, 6.07) is 0. The van der Waals surface area contributed by atoms with Gasteiger partial charge in [-0.15, -0.1) is 0 Å². The molecular formula is C15H22N4O2. The van der Waals surface area contributed by atoms with E-state index in [9.17, 15) is 9.59 Å². The predicted molar refractivity (Wildman–Crippen MR) is 77.5 cm³/mol. The van der Waals surface area contributed by atoms with Gasteiger partial charge in [0, 0.05) is 32.4 Å². The zero-order valence-corrected chi connectivity index (χ0v) is 12.5. The van der Waals surface area contributed by atoms with Gasteiger partial charge in [0.1, 0.15) is 11.4 Å². The Bertz CT molecular complexity index is 546. The molecule has 1 spiro atoms. The van der Waals surface area contributed by atoms with Crippen molar-refractivity contribution in [3.05, 3.63) is 18.2 Å². The van der Waals surface area contributed by atoms with E-state index in [-0.39, 0.29) is 18.4 Å². The van der Waals surface area contributed by atoms with Crippen LogP contribution in [0.2, 0.25) is 0 Å². The molecule has 0 aromatic carbocycles. The molecule has 1 aromatic heterocycles. The molecular weight excluding hydrogens is 268 g/mol. The van der Waals surface area contributed by atoms with Crippen LogP contribution in [0.1, 0.15) is 37.9 Å². The number of piperazine rings is 1. The molecule has 1 aromatic rings. The van der Waals surface area contributed by atoms with Gasteiger partial charge in [0.25, 0.3) is 0 Å². The van der Waals surface area contributed by atoms with E-state index in [4.69, 9.17) is 0 Å². The second kappa shape index (κ2) is 5.50. The Labute approximate surface area is 124 Å². The molecule has 2 fully saturated rings. The Morgan fingerprint density at radius 2 is 2.05 bits per heavy atom. The van der Waals surface area contributed by atoms with Crippen molar-refractivity contribution in [1.82, 2.24) is 19.8 Å². The quantitative estimate of drug-likeness (QED) is 0.887. The summed E-state index contributed by atoms with van der Waals surface area (Å²) in [6.07, 6.45) is 9.05. The minimum atomic E-state index is -0.630. The van der Waals surface area contributed by atoms with Crippen molar-refractivity contribution < 1.29 is 9.59 Å². The number of carbonyl (C=O) groups excluding carboxylic acids is 2. The average molecular weight is 290 g/mol. The number of carbonyl (C=O) groups is 2. The van der Waals surface area contributed by atoms with Gasteiger partial charge in [-0.05, 0) is 12.8 Å². The normalized spacial score (nSPS) is 21.7. The Kier molecular flexibility index (Phi) is 3.69. The highest BCUT2D eigenvalue weighted by atomic mass is 16.2. The van der Waals surface area contributed by atoms with Crippen LogP contribution in [0.15, 0.2) is 12.4 Å². The maximum atomic E-state index is 12.8. The van der Waals surface area contributed by atoms with Crippen LogP contribution in [0.3, 0.4) is 0 Å². The van der Waals surface area contributed by atoms with E-state index in [1.807, 2.05) is 17.8 Å². The highest BCUT2D eigenvalue weighted by Crippen LogP contribution is 2.31. The lowest BCUT2D eigenvalue weighted by atomic mass is 9.79. The van der Waals surface area contributed by atoms with Crippen LogP contribution >= 0.6 is 0 Å². The maximum Gasteiger partial charge on any atom is 0.248 e. The number of nitrogens with zero attached hydrogens (tertiary/aromatic N) is 3. The van der Waals surface area contributed by atoms with Gasteiger partial charge in [-0.1, -0.05) is 19.3 Å². The summed E-state index contributed by atoms with van der Waals surface area (Å²) in [5.41, 5.74) is -0.630. The molecule has 2 heterocycles. The Hall–Kier alpha value is -1.85. The molecule has 6 heteroatoms. The van der Waals surface area contributed by atoms with Crippen molar-refractivity contribution in [3.63, 3.8) is 0 Å². The van der Waals surface area contributed by atoms with Crippen LogP contribution in [0.5, 0.6) is 0 Å². The Morgan fingerprint density at radius 1 is 1.29 bits per heavy atom. The van der Waals surface area contributed by atoms with Gasteiger partial charge >= 0.3 is 0 Å². The molecule has 1 N–H and O–H groups in total. The summed E-state index contributed by atoms with van der Waals surface area (Å²) in [5, 5.41) is 2.97. The molecule has 1 saturated heterocycles. The van der Waals surface area contributed by atoms with Gasteiger partial charge in [0.2, 0.25) is 11.8 Å². The van der Waals surface area contributed by atoms with Crippen molar-refractivity contribution in [2.75, 3.05) is 13.1 Å². The molecule has 114 valence electrons. The summed E-state index contributed by atoms with van der Waals surface area (Å²) in [5.74, 6) is 0.999. The average Bonchev–Trinajstić information content (AvgIpc) is 2.88. The smallest absolute Gasteiger partial charge is 0.248 e. The largest absolute Gasteiger partial charge is 0.340 e. The number of imidazole rings is 1. The Balaban J connectivity index is 1.71. The fourth-order valence-corrected chi connectivity index (χ4v) is 3.45. The molecule has 0 atom stereocenters. The number of nitrogens with one attached hydrogen (secondary N) is 1. The lowest BCUT2D eigenvalue weighted by Crippen LogP contribution is -2.67. The Morgan fingerprint density at radius 3 is 2.71 bits per heavy atom. The fourth-order valence-electron chi connectivity index (χ4n) is 3.45. The van der Waals surface area contributed by atoms with Gasteiger partial charge in [-0.2, -0.15) is 0 Å². The topological polar surface area (TPSA) is 67.2 Å². The molecule has 3 rings (SSSR count). The summed E-state index contributed by atoms with van der Waals surface area (Å²) >= 11 is 0. The maximum absolute atomic E-state index is 12.8. The number of aryl methyl sites for hydroxylation is 1. The van der Waals surface area contributed by atoms with Crippen molar-refractivity contribution >= 4 is 11.8 Å². The monoisotopic (exact) mass is 290 g/mol. The molecule has 1 saturated carbocycles. The van der Waals surface area contributed by atoms with Crippen LogP contribution in [0, 0.1) is 0 Å². The van der Waals surface area contributed by atoms with E-state index in [1.54, 1.807) is 11.1 Å². The standard InChI is InChI=1S/C15H22N4O2/c1-18-10-8-16-12(18)5-9-19-11-13(20)17-15(14(19)21)6-3-2-4-7-15/h8,10H,2-7,9,11H2,1H3,(H,17,20). The van der Waals surface area contributed by atoms with Crippen molar-refractivity contribution in [3.8, 4) is 0 Å². The van der Waals surface area contributed by atoms with E-state index in [2.05, 4.69) is 10.3 Å². The first kappa shape index (κ1) is 14.1. The highest BCUT2D eigenvalue weighted by Gasteiger charge is 2.46. The lowest BCUT2D eigenvalue weighted by molar-refractivity contribution is -0.151. The number of aromatic nitrogens is 2.